The minimum Gasteiger partial charge on any atom is -0.493 e. The van der Waals surface area contributed by atoms with Crippen LogP contribution in [0.1, 0.15) is 113 Å². The molecule has 192 valence electrons. The summed E-state index contributed by atoms with van der Waals surface area (Å²) in [6.07, 6.45) is 20.8. The van der Waals surface area contributed by atoms with Crippen molar-refractivity contribution in [1.82, 2.24) is 0 Å². The predicted octanol–water partition coefficient (Wildman–Crippen LogP) is 10.2. The molecule has 0 spiro atoms. The van der Waals surface area contributed by atoms with Gasteiger partial charge in [0.1, 0.15) is 5.75 Å². The zero-order valence-electron chi connectivity index (χ0n) is 22.1. The van der Waals surface area contributed by atoms with Crippen LogP contribution in [0.3, 0.4) is 0 Å². The van der Waals surface area contributed by atoms with Crippen molar-refractivity contribution in [3.05, 3.63) is 65.7 Å². The third kappa shape index (κ3) is 13.0. The van der Waals surface area contributed by atoms with Crippen LogP contribution in [-0.4, -0.2) is 18.1 Å². The van der Waals surface area contributed by atoms with E-state index in [1.54, 1.807) is 6.08 Å². The molecule has 2 aromatic carbocycles. The molecule has 2 rings (SSSR count). The highest BCUT2D eigenvalue weighted by Gasteiger charge is 2.04. The second-order valence-electron chi connectivity index (χ2n) is 9.35. The number of benzene rings is 2. The second kappa shape index (κ2) is 19.2. The first-order chi connectivity index (χ1) is 17.2. The molecule has 35 heavy (non-hydrogen) atoms. The monoisotopic (exact) mass is 494 g/mol. The van der Waals surface area contributed by atoms with Crippen molar-refractivity contribution in [2.75, 3.05) is 12.4 Å². The van der Waals surface area contributed by atoms with E-state index in [9.17, 15) is 4.79 Å². The lowest BCUT2D eigenvalue weighted by molar-refractivity contribution is 0.104. The molecule has 0 aliphatic rings. The summed E-state index contributed by atoms with van der Waals surface area (Å²) in [5.74, 6) is 1.97. The molecular weight excluding hydrogens is 448 g/mol. The Bertz CT molecular complexity index is 841. The van der Waals surface area contributed by atoms with Crippen LogP contribution in [0.15, 0.2) is 59.5 Å². The number of rotatable bonds is 20. The van der Waals surface area contributed by atoms with Crippen molar-refractivity contribution in [2.24, 2.45) is 0 Å². The Morgan fingerprint density at radius 1 is 0.743 bits per heavy atom. The van der Waals surface area contributed by atoms with Crippen molar-refractivity contribution < 1.29 is 9.53 Å². The standard InChI is InChI=1S/C32H46O2S/c1-3-5-6-7-8-9-10-11-12-13-14-17-26-34-32-19-16-15-18-29(32)22-25-31(33)28-20-23-30(24-21-28)35-27-4-2/h15-16,18-25H,3-14,17,26-27H2,1-2H3. The summed E-state index contributed by atoms with van der Waals surface area (Å²) in [6, 6.07) is 15.9. The molecular formula is C32H46O2S. The molecule has 0 N–H and O–H groups in total. The van der Waals surface area contributed by atoms with Crippen molar-refractivity contribution in [1.29, 1.82) is 0 Å². The molecule has 0 unspecified atom stereocenters. The minimum atomic E-state index is 0.0211. The first-order valence-electron chi connectivity index (χ1n) is 13.9. The Morgan fingerprint density at radius 2 is 1.34 bits per heavy atom. The van der Waals surface area contributed by atoms with E-state index in [-0.39, 0.29) is 5.78 Å². The fourth-order valence-corrected chi connectivity index (χ4v) is 4.84. The second-order valence-corrected chi connectivity index (χ2v) is 10.5. The number of hydrogen-bond donors (Lipinski definition) is 0. The summed E-state index contributed by atoms with van der Waals surface area (Å²) < 4.78 is 6.05. The average molecular weight is 495 g/mol. The van der Waals surface area contributed by atoms with E-state index in [2.05, 4.69) is 13.8 Å². The van der Waals surface area contributed by atoms with E-state index >= 15 is 0 Å². The summed E-state index contributed by atoms with van der Waals surface area (Å²) in [7, 11) is 0. The molecule has 0 saturated carbocycles. The van der Waals surface area contributed by atoms with Gasteiger partial charge in [0, 0.05) is 16.0 Å². The number of para-hydroxylation sites is 1. The van der Waals surface area contributed by atoms with Crippen molar-refractivity contribution in [3.63, 3.8) is 0 Å². The smallest absolute Gasteiger partial charge is 0.185 e. The highest BCUT2D eigenvalue weighted by molar-refractivity contribution is 7.99. The summed E-state index contributed by atoms with van der Waals surface area (Å²) in [6.45, 7) is 5.18. The van der Waals surface area contributed by atoms with Gasteiger partial charge in [-0.3, -0.25) is 4.79 Å². The minimum absolute atomic E-state index is 0.0211. The molecule has 0 saturated heterocycles. The average Bonchev–Trinajstić information content (AvgIpc) is 2.89. The normalized spacial score (nSPS) is 11.3. The maximum absolute atomic E-state index is 12.6. The van der Waals surface area contributed by atoms with Gasteiger partial charge in [-0.1, -0.05) is 103 Å². The maximum Gasteiger partial charge on any atom is 0.185 e. The van der Waals surface area contributed by atoms with Crippen LogP contribution in [0.2, 0.25) is 0 Å². The SMILES string of the molecule is CCCCCCCCCCCCCCOc1ccccc1C=CC(=O)c1ccc(SCCC)cc1. The number of carbonyl (C=O) groups excluding carboxylic acids is 1. The van der Waals surface area contributed by atoms with Crippen LogP contribution < -0.4 is 4.74 Å². The van der Waals surface area contributed by atoms with Gasteiger partial charge in [-0.05, 0) is 61.1 Å². The Morgan fingerprint density at radius 3 is 1.97 bits per heavy atom. The number of carbonyl (C=O) groups is 1. The van der Waals surface area contributed by atoms with Gasteiger partial charge in [0.2, 0.25) is 0 Å². The van der Waals surface area contributed by atoms with Gasteiger partial charge < -0.3 is 4.74 Å². The lowest BCUT2D eigenvalue weighted by atomic mass is 10.1. The van der Waals surface area contributed by atoms with E-state index in [0.29, 0.717) is 0 Å². The maximum atomic E-state index is 12.6. The molecule has 0 aromatic heterocycles. The van der Waals surface area contributed by atoms with Crippen molar-refractivity contribution in [2.45, 2.75) is 102 Å². The van der Waals surface area contributed by atoms with Crippen LogP contribution >= 0.6 is 11.8 Å². The van der Waals surface area contributed by atoms with Crippen LogP contribution in [0.4, 0.5) is 0 Å². The van der Waals surface area contributed by atoms with E-state index in [1.165, 1.54) is 75.5 Å². The molecule has 0 amide bonds. The highest BCUT2D eigenvalue weighted by Crippen LogP contribution is 2.22. The van der Waals surface area contributed by atoms with E-state index < -0.39 is 0 Å². The van der Waals surface area contributed by atoms with Crippen molar-refractivity contribution in [3.8, 4) is 5.75 Å². The Hall–Kier alpha value is -2.00. The van der Waals surface area contributed by atoms with Crippen LogP contribution in [0, 0.1) is 0 Å². The van der Waals surface area contributed by atoms with E-state index in [4.69, 9.17) is 4.74 Å². The summed E-state index contributed by atoms with van der Waals surface area (Å²) in [5.41, 5.74) is 1.67. The van der Waals surface area contributed by atoms with Crippen molar-refractivity contribution >= 4 is 23.6 Å². The largest absolute Gasteiger partial charge is 0.493 e. The Balaban J connectivity index is 1.65. The summed E-state index contributed by atoms with van der Waals surface area (Å²) in [4.78, 5) is 13.8. The zero-order chi connectivity index (χ0) is 25.0. The number of thioether (sulfide) groups is 1. The number of ether oxygens (including phenoxy) is 1. The molecule has 3 heteroatoms. The van der Waals surface area contributed by atoms with Gasteiger partial charge in [-0.25, -0.2) is 0 Å². The lowest BCUT2D eigenvalue weighted by Gasteiger charge is -2.09. The molecule has 2 nitrogen and oxygen atoms in total. The number of unbranched alkanes of at least 4 members (excludes halogenated alkanes) is 11. The summed E-state index contributed by atoms with van der Waals surface area (Å²) >= 11 is 1.83. The molecule has 0 aliphatic heterocycles. The molecule has 0 fully saturated rings. The quantitative estimate of drug-likeness (QED) is 0.0792. The van der Waals surface area contributed by atoms with E-state index in [0.717, 1.165) is 42.1 Å². The topological polar surface area (TPSA) is 26.3 Å². The Labute approximate surface area is 218 Å². The molecule has 2 aromatic rings. The molecule has 0 heterocycles. The first-order valence-corrected chi connectivity index (χ1v) is 14.9. The van der Waals surface area contributed by atoms with Gasteiger partial charge in [-0.15, -0.1) is 11.8 Å². The molecule has 0 atom stereocenters. The number of ketones is 1. The van der Waals surface area contributed by atoms with Crippen LogP contribution in [0.5, 0.6) is 5.75 Å². The highest BCUT2D eigenvalue weighted by atomic mass is 32.2. The van der Waals surface area contributed by atoms with Crippen LogP contribution in [-0.2, 0) is 0 Å². The Kier molecular flexibility index (Phi) is 16.1. The molecule has 0 bridgehead atoms. The summed E-state index contributed by atoms with van der Waals surface area (Å²) in [5, 5.41) is 0. The predicted molar refractivity (Wildman–Crippen MR) is 154 cm³/mol. The van der Waals surface area contributed by atoms with Gasteiger partial charge in [0.25, 0.3) is 0 Å². The van der Waals surface area contributed by atoms with Gasteiger partial charge in [-0.2, -0.15) is 0 Å². The van der Waals surface area contributed by atoms with Gasteiger partial charge in [0.15, 0.2) is 5.78 Å². The third-order valence-corrected chi connectivity index (χ3v) is 7.42. The molecule has 0 aliphatic carbocycles. The number of hydrogen-bond acceptors (Lipinski definition) is 3. The third-order valence-electron chi connectivity index (χ3n) is 6.20. The zero-order valence-corrected chi connectivity index (χ0v) is 22.9. The van der Waals surface area contributed by atoms with Gasteiger partial charge >= 0.3 is 0 Å². The first kappa shape index (κ1) is 29.2. The lowest BCUT2D eigenvalue weighted by Crippen LogP contribution is -1.99. The fourth-order valence-electron chi connectivity index (χ4n) is 4.07. The van der Waals surface area contributed by atoms with Gasteiger partial charge in [0.05, 0.1) is 6.61 Å². The molecule has 0 radical (unpaired) electrons. The fraction of sp³-hybridized carbons (Fsp3) is 0.531. The number of allylic oxidation sites excluding steroid dienone is 1. The van der Waals surface area contributed by atoms with Crippen LogP contribution in [0.25, 0.3) is 6.08 Å². The van der Waals surface area contributed by atoms with E-state index in [1.807, 2.05) is 66.4 Å².